The summed E-state index contributed by atoms with van der Waals surface area (Å²) in [6.45, 7) is 1.61. The smallest absolute Gasteiger partial charge is 0.221 e. The molecular formula is C14H19N3O3. The maximum atomic E-state index is 11.6. The van der Waals surface area contributed by atoms with Crippen molar-refractivity contribution in [1.82, 2.24) is 15.1 Å². The number of aryl methyl sites for hydroxylation is 1. The molecule has 1 aromatic carbocycles. The number of hydrogen-bond acceptors (Lipinski definition) is 4. The zero-order valence-electron chi connectivity index (χ0n) is 11.8. The largest absolute Gasteiger partial charge is 0.497 e. The molecule has 1 heterocycles. The summed E-state index contributed by atoms with van der Waals surface area (Å²) < 4.78 is 11.9. The van der Waals surface area contributed by atoms with Crippen LogP contribution in [-0.4, -0.2) is 43.1 Å². The van der Waals surface area contributed by atoms with Crippen molar-refractivity contribution in [3.8, 4) is 5.75 Å². The Hall–Kier alpha value is -2.08. The Morgan fingerprint density at radius 2 is 2.25 bits per heavy atom. The lowest BCUT2D eigenvalue weighted by Crippen LogP contribution is -2.27. The summed E-state index contributed by atoms with van der Waals surface area (Å²) in [6.07, 6.45) is 2.17. The van der Waals surface area contributed by atoms with E-state index in [1.807, 2.05) is 22.9 Å². The normalized spacial score (nSPS) is 10.7. The Kier molecular flexibility index (Phi) is 4.95. The van der Waals surface area contributed by atoms with Crippen LogP contribution in [0.2, 0.25) is 0 Å². The number of carbonyl (C=O) groups excluding carboxylic acids is 1. The molecule has 0 aliphatic rings. The first-order chi connectivity index (χ1) is 9.74. The molecule has 1 amide bonds. The van der Waals surface area contributed by atoms with Crippen LogP contribution >= 0.6 is 0 Å². The fraction of sp³-hybridized carbons (Fsp3) is 0.429. The molecule has 108 valence electrons. The van der Waals surface area contributed by atoms with Gasteiger partial charge in [0.1, 0.15) is 5.75 Å². The van der Waals surface area contributed by atoms with Crippen LogP contribution in [0.5, 0.6) is 5.75 Å². The summed E-state index contributed by atoms with van der Waals surface area (Å²) in [5.74, 6) is 0.800. The van der Waals surface area contributed by atoms with Crippen LogP contribution in [-0.2, 0) is 16.1 Å². The van der Waals surface area contributed by atoms with Gasteiger partial charge < -0.3 is 14.8 Å². The molecule has 0 fully saturated rings. The second kappa shape index (κ2) is 6.91. The van der Waals surface area contributed by atoms with Gasteiger partial charge in [0.15, 0.2) is 0 Å². The number of nitrogens with zero attached hydrogens (tertiary/aromatic N) is 2. The number of rotatable bonds is 7. The third kappa shape index (κ3) is 3.48. The Labute approximate surface area is 117 Å². The van der Waals surface area contributed by atoms with E-state index in [1.54, 1.807) is 20.4 Å². The molecule has 6 heteroatoms. The molecule has 0 spiro atoms. The van der Waals surface area contributed by atoms with Gasteiger partial charge in [0.2, 0.25) is 5.91 Å². The molecule has 2 rings (SSSR count). The first kappa shape index (κ1) is 14.3. The van der Waals surface area contributed by atoms with E-state index in [9.17, 15) is 4.79 Å². The minimum absolute atomic E-state index is 0.000730. The molecule has 0 saturated carbocycles. The molecule has 0 saturated heterocycles. The van der Waals surface area contributed by atoms with Crippen LogP contribution in [0, 0.1) is 0 Å². The molecule has 1 aromatic heterocycles. The van der Waals surface area contributed by atoms with Gasteiger partial charge in [-0.25, -0.2) is 0 Å². The number of nitrogens with one attached hydrogen (secondary N) is 1. The summed E-state index contributed by atoms with van der Waals surface area (Å²) in [7, 11) is 3.24. The van der Waals surface area contributed by atoms with Crippen molar-refractivity contribution >= 4 is 16.8 Å². The van der Waals surface area contributed by atoms with Gasteiger partial charge in [-0.2, -0.15) is 5.10 Å². The topological polar surface area (TPSA) is 65.4 Å². The van der Waals surface area contributed by atoms with Gasteiger partial charge in [-0.1, -0.05) is 0 Å². The lowest BCUT2D eigenvalue weighted by Gasteiger charge is -2.06. The lowest BCUT2D eigenvalue weighted by atomic mass is 10.2. The van der Waals surface area contributed by atoms with Crippen LogP contribution in [0.1, 0.15) is 6.42 Å². The molecule has 2 aromatic rings. The molecule has 1 N–H and O–H groups in total. The lowest BCUT2D eigenvalue weighted by molar-refractivity contribution is -0.121. The summed E-state index contributed by atoms with van der Waals surface area (Å²) >= 11 is 0. The van der Waals surface area contributed by atoms with Crippen molar-refractivity contribution in [2.75, 3.05) is 27.4 Å². The van der Waals surface area contributed by atoms with Crippen LogP contribution in [0.25, 0.3) is 10.9 Å². The second-order valence-corrected chi connectivity index (χ2v) is 4.39. The average Bonchev–Trinajstić information content (AvgIpc) is 2.87. The number of aromatic nitrogens is 2. The van der Waals surface area contributed by atoms with Crippen molar-refractivity contribution < 1.29 is 14.3 Å². The van der Waals surface area contributed by atoms with E-state index in [2.05, 4.69) is 10.4 Å². The van der Waals surface area contributed by atoms with E-state index in [0.717, 1.165) is 16.7 Å². The highest BCUT2D eigenvalue weighted by atomic mass is 16.5. The number of carbonyl (C=O) groups is 1. The Morgan fingerprint density at radius 1 is 1.40 bits per heavy atom. The van der Waals surface area contributed by atoms with Crippen molar-refractivity contribution in [2.24, 2.45) is 0 Å². The zero-order valence-corrected chi connectivity index (χ0v) is 11.8. The highest BCUT2D eigenvalue weighted by molar-refractivity contribution is 5.80. The van der Waals surface area contributed by atoms with Crippen LogP contribution in [0.3, 0.4) is 0 Å². The summed E-state index contributed by atoms with van der Waals surface area (Å²) in [4.78, 5) is 11.6. The van der Waals surface area contributed by atoms with Gasteiger partial charge in [0.25, 0.3) is 0 Å². The fourth-order valence-corrected chi connectivity index (χ4v) is 1.96. The van der Waals surface area contributed by atoms with E-state index in [-0.39, 0.29) is 5.91 Å². The minimum atomic E-state index is -0.000730. The standard InChI is InChI=1S/C14H19N3O3/c1-19-8-6-15-14(18)5-7-17-13-4-3-12(20-2)9-11(13)10-16-17/h3-4,9-10H,5-8H2,1-2H3,(H,15,18). The van der Waals surface area contributed by atoms with Crippen molar-refractivity contribution in [1.29, 1.82) is 0 Å². The number of hydrogen-bond donors (Lipinski definition) is 1. The van der Waals surface area contributed by atoms with E-state index in [1.165, 1.54) is 0 Å². The Bertz CT molecular complexity index is 580. The quantitative estimate of drug-likeness (QED) is 0.772. The van der Waals surface area contributed by atoms with Gasteiger partial charge in [-0.3, -0.25) is 9.48 Å². The molecule has 0 bridgehead atoms. The molecule has 0 atom stereocenters. The van der Waals surface area contributed by atoms with Crippen LogP contribution in [0.4, 0.5) is 0 Å². The predicted molar refractivity (Wildman–Crippen MR) is 75.8 cm³/mol. The average molecular weight is 277 g/mol. The van der Waals surface area contributed by atoms with E-state index in [0.29, 0.717) is 26.1 Å². The number of ether oxygens (including phenoxy) is 2. The van der Waals surface area contributed by atoms with Crippen LogP contribution in [0.15, 0.2) is 24.4 Å². The Morgan fingerprint density at radius 3 is 3.00 bits per heavy atom. The molecule has 0 aliphatic heterocycles. The third-order valence-electron chi connectivity index (χ3n) is 3.03. The number of methoxy groups -OCH3 is 2. The minimum Gasteiger partial charge on any atom is -0.497 e. The van der Waals surface area contributed by atoms with Gasteiger partial charge in [0, 0.05) is 25.5 Å². The van der Waals surface area contributed by atoms with Gasteiger partial charge >= 0.3 is 0 Å². The van der Waals surface area contributed by atoms with E-state index < -0.39 is 0 Å². The summed E-state index contributed by atoms with van der Waals surface area (Å²) in [6, 6.07) is 5.76. The maximum absolute atomic E-state index is 11.6. The predicted octanol–water partition coefficient (Wildman–Crippen LogP) is 1.20. The monoisotopic (exact) mass is 277 g/mol. The number of fused-ring (bicyclic) bond motifs is 1. The fourth-order valence-electron chi connectivity index (χ4n) is 1.96. The van der Waals surface area contributed by atoms with Gasteiger partial charge in [-0.15, -0.1) is 0 Å². The van der Waals surface area contributed by atoms with E-state index in [4.69, 9.17) is 9.47 Å². The van der Waals surface area contributed by atoms with E-state index >= 15 is 0 Å². The Balaban J connectivity index is 1.95. The molecule has 20 heavy (non-hydrogen) atoms. The number of amides is 1. The maximum Gasteiger partial charge on any atom is 0.221 e. The molecular weight excluding hydrogens is 258 g/mol. The number of benzene rings is 1. The summed E-state index contributed by atoms with van der Waals surface area (Å²) in [5.41, 5.74) is 0.996. The van der Waals surface area contributed by atoms with Crippen molar-refractivity contribution in [2.45, 2.75) is 13.0 Å². The van der Waals surface area contributed by atoms with Crippen molar-refractivity contribution in [3.63, 3.8) is 0 Å². The molecule has 6 nitrogen and oxygen atoms in total. The van der Waals surface area contributed by atoms with Crippen LogP contribution < -0.4 is 10.1 Å². The highest BCUT2D eigenvalue weighted by Crippen LogP contribution is 2.20. The second-order valence-electron chi connectivity index (χ2n) is 4.39. The van der Waals surface area contributed by atoms with Gasteiger partial charge in [0.05, 0.1) is 32.0 Å². The SMILES string of the molecule is COCCNC(=O)CCn1ncc2cc(OC)ccc21. The summed E-state index contributed by atoms with van der Waals surface area (Å²) in [5, 5.41) is 8.09. The highest BCUT2D eigenvalue weighted by Gasteiger charge is 2.06. The molecule has 0 unspecified atom stereocenters. The zero-order chi connectivity index (χ0) is 14.4. The molecule has 0 aliphatic carbocycles. The first-order valence-corrected chi connectivity index (χ1v) is 6.50. The van der Waals surface area contributed by atoms with Crippen molar-refractivity contribution in [3.05, 3.63) is 24.4 Å². The third-order valence-corrected chi connectivity index (χ3v) is 3.03. The molecule has 0 radical (unpaired) electrons. The first-order valence-electron chi connectivity index (χ1n) is 6.50. The van der Waals surface area contributed by atoms with Gasteiger partial charge in [-0.05, 0) is 18.2 Å².